The fourth-order valence-corrected chi connectivity index (χ4v) is 3.47. The van der Waals surface area contributed by atoms with Crippen molar-refractivity contribution in [3.05, 3.63) is 21.9 Å². The summed E-state index contributed by atoms with van der Waals surface area (Å²) in [6, 6.07) is 2.41. The zero-order valence-electron chi connectivity index (χ0n) is 10.4. The van der Waals surface area contributed by atoms with Crippen molar-refractivity contribution in [2.75, 3.05) is 13.2 Å². The number of carbonyl (C=O) groups excluding carboxylic acids is 1. The summed E-state index contributed by atoms with van der Waals surface area (Å²) in [5, 5.41) is 5.68. The second-order valence-electron chi connectivity index (χ2n) is 4.78. The van der Waals surface area contributed by atoms with E-state index in [0.717, 1.165) is 25.9 Å². The van der Waals surface area contributed by atoms with Crippen molar-refractivity contribution in [3.8, 4) is 0 Å². The number of nitrogens with one attached hydrogen (secondary N) is 1. The van der Waals surface area contributed by atoms with E-state index in [1.54, 1.807) is 11.3 Å². The summed E-state index contributed by atoms with van der Waals surface area (Å²) < 4.78 is 5.93. The van der Waals surface area contributed by atoms with Crippen LogP contribution in [0, 0.1) is 6.92 Å². The van der Waals surface area contributed by atoms with E-state index in [2.05, 4.69) is 30.6 Å². The Morgan fingerprint density at radius 1 is 1.71 bits per heavy atom. The smallest absolute Gasteiger partial charge is 0.120 e. The molecule has 4 heteroatoms. The van der Waals surface area contributed by atoms with Crippen LogP contribution in [0.2, 0.25) is 0 Å². The molecule has 0 aliphatic carbocycles. The topological polar surface area (TPSA) is 38.3 Å². The first-order valence-corrected chi connectivity index (χ1v) is 6.90. The molecular formula is C13H19NO2S. The number of rotatable bonds is 4. The first-order chi connectivity index (χ1) is 8.15. The van der Waals surface area contributed by atoms with Gasteiger partial charge in [0, 0.05) is 17.8 Å². The molecule has 0 spiro atoms. The number of thiophene rings is 1. The summed E-state index contributed by atoms with van der Waals surface area (Å²) in [4.78, 5) is 11.9. The van der Waals surface area contributed by atoms with E-state index in [1.165, 1.54) is 10.4 Å². The van der Waals surface area contributed by atoms with Gasteiger partial charge in [-0.05, 0) is 37.3 Å². The third-order valence-corrected chi connectivity index (χ3v) is 4.40. The van der Waals surface area contributed by atoms with Gasteiger partial charge in [0.25, 0.3) is 0 Å². The molecule has 2 atom stereocenters. The van der Waals surface area contributed by atoms with Crippen LogP contribution in [0.5, 0.6) is 0 Å². The Bertz CT molecular complexity index is 391. The summed E-state index contributed by atoms with van der Waals surface area (Å²) in [5.41, 5.74) is 1.02. The minimum absolute atomic E-state index is 0.204. The average Bonchev–Trinajstić information content (AvgIpc) is 2.74. The number of hydrogen-bond acceptors (Lipinski definition) is 4. The van der Waals surface area contributed by atoms with Crippen molar-refractivity contribution >= 4 is 17.6 Å². The molecule has 94 valence electrons. The average molecular weight is 253 g/mol. The molecule has 0 amide bonds. The van der Waals surface area contributed by atoms with Crippen LogP contribution in [0.4, 0.5) is 0 Å². The monoisotopic (exact) mass is 253 g/mol. The molecule has 2 heterocycles. The summed E-state index contributed by atoms with van der Waals surface area (Å²) in [5.74, 6) is 0. The first kappa shape index (κ1) is 12.7. The van der Waals surface area contributed by atoms with Gasteiger partial charge in [0.2, 0.25) is 0 Å². The maximum Gasteiger partial charge on any atom is 0.120 e. The van der Waals surface area contributed by atoms with Crippen molar-refractivity contribution in [1.29, 1.82) is 0 Å². The van der Waals surface area contributed by atoms with E-state index in [4.69, 9.17) is 4.74 Å². The van der Waals surface area contributed by atoms with Crippen LogP contribution in [0.3, 0.4) is 0 Å². The zero-order valence-corrected chi connectivity index (χ0v) is 11.2. The van der Waals surface area contributed by atoms with Crippen LogP contribution in [0.25, 0.3) is 0 Å². The van der Waals surface area contributed by atoms with Gasteiger partial charge in [-0.2, -0.15) is 0 Å². The number of aryl methyl sites for hydroxylation is 1. The summed E-state index contributed by atoms with van der Waals surface area (Å²) in [6.07, 6.45) is 2.30. The highest BCUT2D eigenvalue weighted by atomic mass is 32.1. The van der Waals surface area contributed by atoms with E-state index in [9.17, 15) is 4.79 Å². The second kappa shape index (κ2) is 5.29. The summed E-state index contributed by atoms with van der Waals surface area (Å²) in [7, 11) is 0. The number of hydrogen-bond donors (Lipinski definition) is 1. The van der Waals surface area contributed by atoms with Gasteiger partial charge in [0.1, 0.15) is 6.29 Å². The zero-order chi connectivity index (χ0) is 12.3. The fourth-order valence-electron chi connectivity index (χ4n) is 2.36. The Morgan fingerprint density at radius 2 is 2.53 bits per heavy atom. The lowest BCUT2D eigenvalue weighted by molar-refractivity contribution is -0.113. The van der Waals surface area contributed by atoms with Crippen LogP contribution in [-0.2, 0) is 9.53 Å². The summed E-state index contributed by atoms with van der Waals surface area (Å²) in [6.45, 7) is 5.79. The molecule has 0 aromatic carbocycles. The van der Waals surface area contributed by atoms with Crippen LogP contribution >= 0.6 is 11.3 Å². The van der Waals surface area contributed by atoms with E-state index < -0.39 is 0 Å². The largest absolute Gasteiger partial charge is 0.372 e. The molecule has 0 radical (unpaired) electrons. The lowest BCUT2D eigenvalue weighted by Crippen LogP contribution is -2.50. The standard InChI is InChI=1S/C13H19NO2S/c1-10-8-11(17-9-10)12-13(2,4-3-6-15)16-7-5-14-12/h6,8-9,12,14H,3-5,7H2,1-2H3. The minimum atomic E-state index is -0.267. The van der Waals surface area contributed by atoms with Crippen LogP contribution < -0.4 is 5.32 Å². The van der Waals surface area contributed by atoms with Crippen molar-refractivity contribution in [1.82, 2.24) is 5.32 Å². The third-order valence-electron chi connectivity index (χ3n) is 3.29. The highest BCUT2D eigenvalue weighted by Gasteiger charge is 2.38. The number of ether oxygens (including phenoxy) is 1. The Morgan fingerprint density at radius 3 is 3.18 bits per heavy atom. The highest BCUT2D eigenvalue weighted by molar-refractivity contribution is 7.10. The molecular weight excluding hydrogens is 234 g/mol. The maximum absolute atomic E-state index is 10.6. The number of carbonyl (C=O) groups is 1. The Labute approximate surface area is 106 Å². The molecule has 1 N–H and O–H groups in total. The predicted octanol–water partition coefficient (Wildman–Crippen LogP) is 2.46. The van der Waals surface area contributed by atoms with Crippen molar-refractivity contribution in [2.24, 2.45) is 0 Å². The molecule has 17 heavy (non-hydrogen) atoms. The van der Waals surface area contributed by atoms with Crippen molar-refractivity contribution in [2.45, 2.75) is 38.3 Å². The van der Waals surface area contributed by atoms with E-state index in [-0.39, 0.29) is 11.6 Å². The number of morpholine rings is 1. The molecule has 0 bridgehead atoms. The van der Waals surface area contributed by atoms with Gasteiger partial charge in [-0.15, -0.1) is 11.3 Å². The first-order valence-electron chi connectivity index (χ1n) is 6.02. The van der Waals surface area contributed by atoms with Gasteiger partial charge < -0.3 is 14.8 Å². The third kappa shape index (κ3) is 2.76. The lowest BCUT2D eigenvalue weighted by Gasteiger charge is -2.41. The normalized spacial score (nSPS) is 29.2. The lowest BCUT2D eigenvalue weighted by atomic mass is 9.88. The predicted molar refractivity (Wildman–Crippen MR) is 69.5 cm³/mol. The van der Waals surface area contributed by atoms with Gasteiger partial charge in [-0.25, -0.2) is 0 Å². The van der Waals surface area contributed by atoms with Crippen LogP contribution in [0.15, 0.2) is 11.4 Å². The quantitative estimate of drug-likeness (QED) is 0.838. The second-order valence-corrected chi connectivity index (χ2v) is 5.72. The van der Waals surface area contributed by atoms with Gasteiger partial charge >= 0.3 is 0 Å². The van der Waals surface area contributed by atoms with Gasteiger partial charge in [-0.1, -0.05) is 0 Å². The molecule has 1 aromatic heterocycles. The fraction of sp³-hybridized carbons (Fsp3) is 0.615. The highest BCUT2D eigenvalue weighted by Crippen LogP contribution is 2.37. The number of aldehydes is 1. The van der Waals surface area contributed by atoms with Gasteiger partial charge in [0.05, 0.1) is 18.2 Å². The maximum atomic E-state index is 10.6. The molecule has 0 saturated carbocycles. The minimum Gasteiger partial charge on any atom is -0.372 e. The molecule has 1 aliphatic rings. The van der Waals surface area contributed by atoms with Gasteiger partial charge in [-0.3, -0.25) is 0 Å². The SMILES string of the molecule is Cc1csc(C2NCCOC2(C)CCC=O)c1. The summed E-state index contributed by atoms with van der Waals surface area (Å²) >= 11 is 1.76. The van der Waals surface area contributed by atoms with E-state index in [0.29, 0.717) is 6.42 Å². The molecule has 1 fully saturated rings. The van der Waals surface area contributed by atoms with Gasteiger partial charge in [0.15, 0.2) is 0 Å². The Hall–Kier alpha value is -0.710. The van der Waals surface area contributed by atoms with E-state index in [1.807, 2.05) is 0 Å². The molecule has 1 saturated heterocycles. The molecule has 3 nitrogen and oxygen atoms in total. The molecule has 2 rings (SSSR count). The Kier molecular flexibility index (Phi) is 3.97. The van der Waals surface area contributed by atoms with Crippen LogP contribution in [0.1, 0.15) is 36.2 Å². The molecule has 2 unspecified atom stereocenters. The van der Waals surface area contributed by atoms with Crippen molar-refractivity contribution < 1.29 is 9.53 Å². The van der Waals surface area contributed by atoms with E-state index >= 15 is 0 Å². The van der Waals surface area contributed by atoms with Crippen LogP contribution in [-0.4, -0.2) is 25.0 Å². The Balaban J connectivity index is 2.19. The molecule has 1 aromatic rings. The molecule has 1 aliphatic heterocycles. The van der Waals surface area contributed by atoms with Crippen molar-refractivity contribution in [3.63, 3.8) is 0 Å².